The van der Waals surface area contributed by atoms with E-state index in [0.29, 0.717) is 0 Å². The average molecular weight is 194 g/mol. The lowest BCUT2D eigenvalue weighted by Gasteiger charge is -2.02. The summed E-state index contributed by atoms with van der Waals surface area (Å²) >= 11 is 4.81. The summed E-state index contributed by atoms with van der Waals surface area (Å²) in [6.07, 6.45) is -0.851. The van der Waals surface area contributed by atoms with Gasteiger partial charge in [-0.2, -0.15) is 0 Å². The standard InChI is InChI=1S/C5H4ClNO5/c6-4(9)11-1-2-3(8)12-5(10)7-2/h2H,1H2,(H,7,10). The fraction of sp³-hybridized carbons (Fsp3) is 0.400. The molecule has 1 fully saturated rings. The number of amides is 1. The van der Waals surface area contributed by atoms with Crippen molar-refractivity contribution >= 4 is 29.1 Å². The van der Waals surface area contributed by atoms with Crippen molar-refractivity contribution in [1.29, 1.82) is 0 Å². The molecule has 0 aromatic rings. The number of hydrogen-bond acceptors (Lipinski definition) is 5. The number of cyclic esters (lactones) is 2. The van der Waals surface area contributed by atoms with Crippen molar-refractivity contribution in [2.75, 3.05) is 6.61 Å². The van der Waals surface area contributed by atoms with E-state index in [1.165, 1.54) is 0 Å². The van der Waals surface area contributed by atoms with E-state index in [9.17, 15) is 14.4 Å². The SMILES string of the molecule is O=C(Cl)OCC1NC(=O)OC1=O. The molecule has 0 aromatic carbocycles. The van der Waals surface area contributed by atoms with Gasteiger partial charge in [0.2, 0.25) is 0 Å². The van der Waals surface area contributed by atoms with Crippen LogP contribution in [0.15, 0.2) is 0 Å². The van der Waals surface area contributed by atoms with Gasteiger partial charge in [-0.25, -0.2) is 14.4 Å². The maximum Gasteiger partial charge on any atom is 0.415 e. The van der Waals surface area contributed by atoms with Crippen LogP contribution in [0.25, 0.3) is 0 Å². The fourth-order valence-electron chi connectivity index (χ4n) is 0.652. The Bertz CT molecular complexity index is 240. The van der Waals surface area contributed by atoms with Gasteiger partial charge in [-0.15, -0.1) is 0 Å². The normalized spacial score (nSPS) is 21.6. The third-order valence-corrected chi connectivity index (χ3v) is 1.24. The topological polar surface area (TPSA) is 81.7 Å². The summed E-state index contributed by atoms with van der Waals surface area (Å²) in [6.45, 7) is -0.313. The van der Waals surface area contributed by atoms with Crippen LogP contribution in [-0.4, -0.2) is 30.1 Å². The molecule has 0 radical (unpaired) electrons. The highest BCUT2D eigenvalue weighted by molar-refractivity contribution is 6.61. The van der Waals surface area contributed by atoms with Crippen LogP contribution in [0.2, 0.25) is 0 Å². The largest absolute Gasteiger partial charge is 0.451 e. The molecule has 1 amide bonds. The smallest absolute Gasteiger partial charge is 0.415 e. The van der Waals surface area contributed by atoms with Crippen LogP contribution in [0, 0.1) is 0 Å². The molecule has 1 atom stereocenters. The molecule has 1 aliphatic heterocycles. The molecule has 0 bridgehead atoms. The van der Waals surface area contributed by atoms with Gasteiger partial charge in [-0.1, -0.05) is 0 Å². The van der Waals surface area contributed by atoms with Crippen LogP contribution in [0.5, 0.6) is 0 Å². The number of ether oxygens (including phenoxy) is 2. The molecular formula is C5H4ClNO5. The van der Waals surface area contributed by atoms with Crippen molar-refractivity contribution < 1.29 is 23.9 Å². The number of nitrogens with one attached hydrogen (secondary N) is 1. The predicted molar refractivity (Wildman–Crippen MR) is 35.6 cm³/mol. The van der Waals surface area contributed by atoms with Crippen molar-refractivity contribution in [3.8, 4) is 0 Å². The minimum atomic E-state index is -1.04. The number of alkyl carbamates (subject to hydrolysis) is 1. The molecule has 1 aliphatic rings. The first kappa shape index (κ1) is 8.79. The molecule has 0 aliphatic carbocycles. The van der Waals surface area contributed by atoms with Gasteiger partial charge in [0.1, 0.15) is 6.61 Å². The first-order chi connectivity index (χ1) is 5.59. The van der Waals surface area contributed by atoms with Gasteiger partial charge in [0.05, 0.1) is 0 Å². The number of rotatable bonds is 2. The quantitative estimate of drug-likeness (QED) is 0.379. The van der Waals surface area contributed by atoms with Gasteiger partial charge in [0, 0.05) is 11.6 Å². The lowest BCUT2D eigenvalue weighted by molar-refractivity contribution is -0.136. The van der Waals surface area contributed by atoms with Crippen molar-refractivity contribution in [2.24, 2.45) is 0 Å². The van der Waals surface area contributed by atoms with Crippen molar-refractivity contribution in [2.45, 2.75) is 6.04 Å². The van der Waals surface area contributed by atoms with Gasteiger partial charge in [0.25, 0.3) is 0 Å². The average Bonchev–Trinajstić information content (AvgIpc) is 2.26. The Kier molecular flexibility index (Phi) is 2.49. The summed E-state index contributed by atoms with van der Waals surface area (Å²) < 4.78 is 8.34. The highest BCUT2D eigenvalue weighted by Gasteiger charge is 2.33. The Hall–Kier alpha value is -1.30. The van der Waals surface area contributed by atoms with Crippen LogP contribution in [0.3, 0.4) is 0 Å². The van der Waals surface area contributed by atoms with Crippen molar-refractivity contribution in [3.05, 3.63) is 0 Å². The second kappa shape index (κ2) is 3.40. The van der Waals surface area contributed by atoms with E-state index in [1.54, 1.807) is 0 Å². The van der Waals surface area contributed by atoms with E-state index in [2.05, 4.69) is 14.8 Å². The Labute approximate surface area is 71.8 Å². The zero-order valence-corrected chi connectivity index (χ0v) is 6.46. The number of carbonyl (C=O) groups excluding carboxylic acids is 3. The van der Waals surface area contributed by atoms with Crippen molar-refractivity contribution in [3.63, 3.8) is 0 Å². The molecule has 12 heavy (non-hydrogen) atoms. The highest BCUT2D eigenvalue weighted by atomic mass is 35.5. The van der Waals surface area contributed by atoms with Crippen LogP contribution < -0.4 is 5.32 Å². The molecule has 66 valence electrons. The third kappa shape index (κ3) is 2.09. The third-order valence-electron chi connectivity index (χ3n) is 1.13. The summed E-state index contributed by atoms with van der Waals surface area (Å²) in [6, 6.07) is -0.944. The van der Waals surface area contributed by atoms with Crippen LogP contribution >= 0.6 is 11.6 Å². The molecule has 1 N–H and O–H groups in total. The number of esters is 1. The molecule has 0 saturated carbocycles. The number of carbonyl (C=O) groups is 3. The summed E-state index contributed by atoms with van der Waals surface area (Å²) in [7, 11) is 0. The summed E-state index contributed by atoms with van der Waals surface area (Å²) in [4.78, 5) is 31.1. The summed E-state index contributed by atoms with van der Waals surface area (Å²) in [5.41, 5.74) is -1.04. The van der Waals surface area contributed by atoms with E-state index in [0.717, 1.165) is 0 Å². The second-order valence-electron chi connectivity index (χ2n) is 1.95. The van der Waals surface area contributed by atoms with Crippen LogP contribution in [0.4, 0.5) is 9.59 Å². The molecule has 7 heteroatoms. The van der Waals surface area contributed by atoms with E-state index in [4.69, 9.17) is 11.6 Å². The maximum atomic E-state index is 10.7. The molecule has 1 unspecified atom stereocenters. The lowest BCUT2D eigenvalue weighted by Crippen LogP contribution is -2.33. The highest BCUT2D eigenvalue weighted by Crippen LogP contribution is 2.01. The molecule has 1 rings (SSSR count). The Balaban J connectivity index is 2.38. The zero-order valence-electron chi connectivity index (χ0n) is 5.70. The van der Waals surface area contributed by atoms with E-state index >= 15 is 0 Å². The van der Waals surface area contributed by atoms with Crippen LogP contribution in [0.1, 0.15) is 0 Å². The Morgan fingerprint density at radius 2 is 2.33 bits per heavy atom. The first-order valence-electron chi connectivity index (χ1n) is 2.94. The Morgan fingerprint density at radius 1 is 1.67 bits per heavy atom. The fourth-order valence-corrected chi connectivity index (χ4v) is 0.715. The van der Waals surface area contributed by atoms with Gasteiger partial charge in [-0.3, -0.25) is 0 Å². The minimum absolute atomic E-state index is 0.313. The van der Waals surface area contributed by atoms with Gasteiger partial charge in [-0.05, 0) is 0 Å². The number of halogens is 1. The molecule has 1 saturated heterocycles. The molecule has 0 aromatic heterocycles. The van der Waals surface area contributed by atoms with E-state index in [-0.39, 0.29) is 6.61 Å². The van der Waals surface area contributed by atoms with Gasteiger partial charge in [0.15, 0.2) is 6.04 Å². The summed E-state index contributed by atoms with van der Waals surface area (Å²) in [5, 5.41) is 2.11. The molecule has 1 heterocycles. The van der Waals surface area contributed by atoms with Crippen LogP contribution in [-0.2, 0) is 14.3 Å². The maximum absolute atomic E-state index is 10.7. The predicted octanol–water partition coefficient (Wildman–Crippen LogP) is -0.00320. The lowest BCUT2D eigenvalue weighted by atomic mass is 10.3. The summed E-state index contributed by atoms with van der Waals surface area (Å²) in [5.74, 6) is -0.780. The zero-order chi connectivity index (χ0) is 9.14. The second-order valence-corrected chi connectivity index (χ2v) is 2.26. The van der Waals surface area contributed by atoms with Gasteiger partial charge < -0.3 is 14.8 Å². The molecular weight excluding hydrogens is 190 g/mol. The van der Waals surface area contributed by atoms with E-state index < -0.39 is 23.5 Å². The first-order valence-corrected chi connectivity index (χ1v) is 3.32. The monoisotopic (exact) mass is 193 g/mol. The number of hydrogen-bond donors (Lipinski definition) is 1. The van der Waals surface area contributed by atoms with Gasteiger partial charge >= 0.3 is 17.5 Å². The van der Waals surface area contributed by atoms with E-state index in [1.807, 2.05) is 0 Å². The Morgan fingerprint density at radius 3 is 2.75 bits per heavy atom. The molecule has 0 spiro atoms. The van der Waals surface area contributed by atoms with Crippen molar-refractivity contribution in [1.82, 2.24) is 5.32 Å². The molecule has 6 nitrogen and oxygen atoms in total. The minimum Gasteiger partial charge on any atom is -0.451 e.